The van der Waals surface area contributed by atoms with Crippen LogP contribution in [0.5, 0.6) is 0 Å². The first-order valence-corrected chi connectivity index (χ1v) is 7.18. The third-order valence-electron chi connectivity index (χ3n) is 3.98. The van der Waals surface area contributed by atoms with E-state index in [-0.39, 0.29) is 36.6 Å². The van der Waals surface area contributed by atoms with E-state index in [0.29, 0.717) is 18.8 Å². The van der Waals surface area contributed by atoms with E-state index < -0.39 is 6.10 Å². The molecule has 2 aromatic rings. The third kappa shape index (κ3) is 4.32. The number of carbonyl (C=O) groups is 1. The molecule has 1 aromatic carbocycles. The number of nitrogens with one attached hydrogen (secondary N) is 2. The first-order chi connectivity index (χ1) is 10.1. The number of rotatable bonds is 3. The molecule has 1 aromatic heterocycles. The number of fused-ring (bicyclic) bond motifs is 1. The van der Waals surface area contributed by atoms with Gasteiger partial charge in [0.15, 0.2) is 0 Å². The van der Waals surface area contributed by atoms with Gasteiger partial charge in [0.05, 0.1) is 11.6 Å². The van der Waals surface area contributed by atoms with Crippen LogP contribution in [0, 0.1) is 12.8 Å². The Morgan fingerprint density at radius 1 is 1.35 bits per heavy atom. The normalized spacial score (nSPS) is 19.7. The van der Waals surface area contributed by atoms with E-state index in [4.69, 9.17) is 0 Å². The summed E-state index contributed by atoms with van der Waals surface area (Å²) >= 11 is 0. The SMILES string of the molecule is Cc1cc(C(=O)NCC2CNCC2O)nc2ccccc12.Cl.Cl. The minimum Gasteiger partial charge on any atom is -0.391 e. The Bertz CT molecular complexity index is 681. The summed E-state index contributed by atoms with van der Waals surface area (Å²) in [5, 5.41) is 16.8. The maximum absolute atomic E-state index is 12.2. The Balaban J connectivity index is 0.00000132. The summed E-state index contributed by atoms with van der Waals surface area (Å²) in [5.41, 5.74) is 2.28. The number of pyridine rings is 1. The molecule has 3 rings (SSSR count). The number of halogens is 2. The van der Waals surface area contributed by atoms with Crippen LogP contribution in [0.25, 0.3) is 10.9 Å². The molecule has 1 amide bonds. The second kappa shape index (κ2) is 8.45. The van der Waals surface area contributed by atoms with Crippen molar-refractivity contribution in [1.82, 2.24) is 15.6 Å². The number of aliphatic hydroxyl groups excluding tert-OH is 1. The number of benzene rings is 1. The van der Waals surface area contributed by atoms with E-state index in [2.05, 4.69) is 15.6 Å². The van der Waals surface area contributed by atoms with Crippen LogP contribution >= 0.6 is 24.8 Å². The molecular formula is C16H21Cl2N3O2. The first-order valence-electron chi connectivity index (χ1n) is 7.18. The number of hydrogen-bond donors (Lipinski definition) is 3. The van der Waals surface area contributed by atoms with Gasteiger partial charge in [-0.1, -0.05) is 18.2 Å². The number of β-amino-alcohol motifs (C(OH)–C–C–N with tert-alkyl or cyclic N) is 1. The Morgan fingerprint density at radius 3 is 2.78 bits per heavy atom. The molecule has 2 atom stereocenters. The molecule has 2 unspecified atom stereocenters. The summed E-state index contributed by atoms with van der Waals surface area (Å²) in [6.45, 7) is 3.76. The number of carbonyl (C=O) groups excluding carboxylic acids is 1. The van der Waals surface area contributed by atoms with Crippen LogP contribution in [0.3, 0.4) is 0 Å². The average molecular weight is 358 g/mol. The van der Waals surface area contributed by atoms with Crippen LogP contribution in [0.1, 0.15) is 16.1 Å². The monoisotopic (exact) mass is 357 g/mol. The lowest BCUT2D eigenvalue weighted by Crippen LogP contribution is -2.34. The summed E-state index contributed by atoms with van der Waals surface area (Å²) in [4.78, 5) is 16.6. The molecule has 0 radical (unpaired) electrons. The highest BCUT2D eigenvalue weighted by Gasteiger charge is 2.25. The van der Waals surface area contributed by atoms with Gasteiger partial charge in [-0.05, 0) is 24.6 Å². The van der Waals surface area contributed by atoms with E-state index in [1.54, 1.807) is 6.07 Å². The lowest BCUT2D eigenvalue weighted by molar-refractivity contribution is 0.0922. The zero-order valence-corrected chi connectivity index (χ0v) is 14.4. The third-order valence-corrected chi connectivity index (χ3v) is 3.98. The van der Waals surface area contributed by atoms with E-state index in [1.165, 1.54) is 0 Å². The predicted molar refractivity (Wildman–Crippen MR) is 95.7 cm³/mol. The number of amides is 1. The first kappa shape index (κ1) is 19.6. The fourth-order valence-corrected chi connectivity index (χ4v) is 2.71. The maximum Gasteiger partial charge on any atom is 0.269 e. The molecule has 0 aliphatic carbocycles. The van der Waals surface area contributed by atoms with Crippen molar-refractivity contribution < 1.29 is 9.90 Å². The smallest absolute Gasteiger partial charge is 0.269 e. The number of hydrogen-bond acceptors (Lipinski definition) is 4. The van der Waals surface area contributed by atoms with Crippen LogP contribution < -0.4 is 10.6 Å². The minimum atomic E-state index is -0.392. The quantitative estimate of drug-likeness (QED) is 0.781. The second-order valence-electron chi connectivity index (χ2n) is 5.54. The minimum absolute atomic E-state index is 0. The fraction of sp³-hybridized carbons (Fsp3) is 0.375. The maximum atomic E-state index is 12.2. The van der Waals surface area contributed by atoms with Crippen molar-refractivity contribution in [3.05, 3.63) is 41.6 Å². The van der Waals surface area contributed by atoms with E-state index in [0.717, 1.165) is 23.0 Å². The van der Waals surface area contributed by atoms with Gasteiger partial charge in [-0.2, -0.15) is 0 Å². The molecule has 1 fully saturated rings. The highest BCUT2D eigenvalue weighted by Crippen LogP contribution is 2.17. The average Bonchev–Trinajstić information content (AvgIpc) is 2.90. The van der Waals surface area contributed by atoms with Gasteiger partial charge in [0.1, 0.15) is 5.69 Å². The van der Waals surface area contributed by atoms with Gasteiger partial charge in [-0.15, -0.1) is 24.8 Å². The van der Waals surface area contributed by atoms with Gasteiger partial charge in [-0.3, -0.25) is 4.79 Å². The van der Waals surface area contributed by atoms with Crippen molar-refractivity contribution in [3.63, 3.8) is 0 Å². The lowest BCUT2D eigenvalue weighted by atomic mass is 10.1. The van der Waals surface area contributed by atoms with Crippen LogP contribution in [0.4, 0.5) is 0 Å². The van der Waals surface area contributed by atoms with E-state index in [9.17, 15) is 9.90 Å². The van der Waals surface area contributed by atoms with Crippen molar-refractivity contribution in [3.8, 4) is 0 Å². The number of aromatic nitrogens is 1. The Labute approximate surface area is 147 Å². The highest BCUT2D eigenvalue weighted by atomic mass is 35.5. The molecule has 23 heavy (non-hydrogen) atoms. The summed E-state index contributed by atoms with van der Waals surface area (Å²) < 4.78 is 0. The molecule has 0 saturated carbocycles. The Kier molecular flexibility index (Phi) is 7.22. The molecule has 0 spiro atoms. The fourth-order valence-electron chi connectivity index (χ4n) is 2.71. The van der Waals surface area contributed by atoms with Crippen molar-refractivity contribution in [1.29, 1.82) is 0 Å². The van der Waals surface area contributed by atoms with E-state index >= 15 is 0 Å². The van der Waals surface area contributed by atoms with Gasteiger partial charge < -0.3 is 15.7 Å². The Hall–Kier alpha value is -1.40. The molecule has 1 saturated heterocycles. The zero-order valence-electron chi connectivity index (χ0n) is 12.8. The summed E-state index contributed by atoms with van der Waals surface area (Å²) in [6, 6.07) is 9.59. The van der Waals surface area contributed by atoms with Crippen LogP contribution in [0.2, 0.25) is 0 Å². The molecule has 126 valence electrons. The van der Waals surface area contributed by atoms with Crippen LogP contribution in [-0.4, -0.2) is 41.7 Å². The van der Waals surface area contributed by atoms with Crippen molar-refractivity contribution in [2.75, 3.05) is 19.6 Å². The van der Waals surface area contributed by atoms with Crippen molar-refractivity contribution in [2.45, 2.75) is 13.0 Å². The standard InChI is InChI=1S/C16H19N3O2.2ClH/c1-10-6-14(19-13-5-3-2-4-12(10)13)16(21)18-8-11-7-17-9-15(11)20;;/h2-6,11,15,17,20H,7-9H2,1H3,(H,18,21);2*1H. The lowest BCUT2D eigenvalue weighted by Gasteiger charge is -2.14. The van der Waals surface area contributed by atoms with Crippen LogP contribution in [-0.2, 0) is 0 Å². The zero-order chi connectivity index (χ0) is 14.8. The largest absolute Gasteiger partial charge is 0.391 e. The number of aryl methyl sites for hydroxylation is 1. The molecule has 7 heteroatoms. The van der Waals surface area contributed by atoms with Gasteiger partial charge in [0, 0.05) is 30.9 Å². The van der Waals surface area contributed by atoms with E-state index in [1.807, 2.05) is 31.2 Å². The van der Waals surface area contributed by atoms with Gasteiger partial charge in [0.25, 0.3) is 5.91 Å². The highest BCUT2D eigenvalue weighted by molar-refractivity contribution is 5.95. The summed E-state index contributed by atoms with van der Waals surface area (Å²) in [6.07, 6.45) is -0.392. The van der Waals surface area contributed by atoms with Gasteiger partial charge in [0.2, 0.25) is 0 Å². The predicted octanol–water partition coefficient (Wildman–Crippen LogP) is 1.70. The van der Waals surface area contributed by atoms with Crippen molar-refractivity contribution in [2.24, 2.45) is 5.92 Å². The molecule has 2 heterocycles. The summed E-state index contributed by atoms with van der Waals surface area (Å²) in [7, 11) is 0. The Morgan fingerprint density at radius 2 is 2.09 bits per heavy atom. The molecule has 3 N–H and O–H groups in total. The second-order valence-corrected chi connectivity index (χ2v) is 5.54. The number of para-hydroxylation sites is 1. The number of nitrogens with zero attached hydrogens (tertiary/aromatic N) is 1. The molecule has 0 bridgehead atoms. The molecular weight excluding hydrogens is 337 g/mol. The molecule has 5 nitrogen and oxygen atoms in total. The molecule has 1 aliphatic rings. The number of aliphatic hydroxyl groups is 1. The topological polar surface area (TPSA) is 74.2 Å². The van der Waals surface area contributed by atoms with Gasteiger partial charge in [-0.25, -0.2) is 4.98 Å². The summed E-state index contributed by atoms with van der Waals surface area (Å²) in [5.74, 6) is -0.126. The van der Waals surface area contributed by atoms with Gasteiger partial charge >= 0.3 is 0 Å². The van der Waals surface area contributed by atoms with Crippen molar-refractivity contribution >= 4 is 41.6 Å². The van der Waals surface area contributed by atoms with Crippen LogP contribution in [0.15, 0.2) is 30.3 Å². The molecule has 1 aliphatic heterocycles.